The number of hydrogen-bond donors (Lipinski definition) is 0. The molecule has 0 rings (SSSR count). The maximum absolute atomic E-state index is 2.00. The van der Waals surface area contributed by atoms with Crippen LogP contribution in [0.5, 0.6) is 0 Å². The van der Waals surface area contributed by atoms with Crippen molar-refractivity contribution in [2.45, 2.75) is 41.5 Å². The van der Waals surface area contributed by atoms with E-state index in [1.165, 1.54) is 0 Å². The van der Waals surface area contributed by atoms with Crippen LogP contribution in [0.4, 0.5) is 0 Å². The molecule has 0 unspecified atom stereocenters. The normalized spacial score (nSPS) is 2.25. The molecule has 0 fully saturated rings. The Bertz CT molecular complexity index is 8.49. The fourth-order valence-electron chi connectivity index (χ4n) is 0. The minimum atomic E-state index is 0. The molecular formula is C6H19AlK. The van der Waals surface area contributed by atoms with Crippen LogP contribution >= 0.6 is 0 Å². The number of rotatable bonds is 0. The first-order valence-electron chi connectivity index (χ1n) is 3.00. The van der Waals surface area contributed by atoms with Crippen LogP contribution in [0.3, 0.4) is 0 Å². The Hall–Kier alpha value is 2.17. The summed E-state index contributed by atoms with van der Waals surface area (Å²) in [5.41, 5.74) is 0. The van der Waals surface area contributed by atoms with Crippen LogP contribution in [0.15, 0.2) is 0 Å². The molecule has 8 heavy (non-hydrogen) atoms. The SMILES string of the molecule is CC.CC.CC.[Al].[KH]. The summed E-state index contributed by atoms with van der Waals surface area (Å²) < 4.78 is 0. The molecule has 0 aromatic heterocycles. The van der Waals surface area contributed by atoms with Gasteiger partial charge < -0.3 is 0 Å². The molecule has 0 bridgehead atoms. The van der Waals surface area contributed by atoms with E-state index in [-0.39, 0.29) is 68.7 Å². The van der Waals surface area contributed by atoms with Gasteiger partial charge in [-0.3, -0.25) is 0 Å². The average molecular weight is 157 g/mol. The van der Waals surface area contributed by atoms with E-state index in [1.807, 2.05) is 41.5 Å². The van der Waals surface area contributed by atoms with Crippen LogP contribution in [-0.4, -0.2) is 68.7 Å². The first kappa shape index (κ1) is 32.0. The summed E-state index contributed by atoms with van der Waals surface area (Å²) in [7, 11) is 0. The summed E-state index contributed by atoms with van der Waals surface area (Å²) in [6.45, 7) is 12.0. The average Bonchev–Trinajstić information content (AvgIpc) is 1.81. The maximum atomic E-state index is 2.00. The predicted octanol–water partition coefficient (Wildman–Crippen LogP) is 2.05. The van der Waals surface area contributed by atoms with Gasteiger partial charge in [-0.25, -0.2) is 0 Å². The summed E-state index contributed by atoms with van der Waals surface area (Å²) in [4.78, 5) is 0. The van der Waals surface area contributed by atoms with Gasteiger partial charge in [-0.1, -0.05) is 41.5 Å². The van der Waals surface area contributed by atoms with E-state index in [4.69, 9.17) is 0 Å². The summed E-state index contributed by atoms with van der Waals surface area (Å²) >= 11 is 0. The van der Waals surface area contributed by atoms with E-state index in [9.17, 15) is 0 Å². The van der Waals surface area contributed by atoms with Crippen LogP contribution in [-0.2, 0) is 0 Å². The second-order valence-electron chi connectivity index (χ2n) is 0. The molecule has 0 aliphatic rings. The first-order chi connectivity index (χ1) is 3.00. The van der Waals surface area contributed by atoms with Gasteiger partial charge in [0.25, 0.3) is 0 Å². The van der Waals surface area contributed by atoms with Crippen molar-refractivity contribution < 1.29 is 0 Å². The molecule has 0 spiro atoms. The Morgan fingerprint density at radius 3 is 0.500 bits per heavy atom. The van der Waals surface area contributed by atoms with Crippen molar-refractivity contribution in [2.75, 3.05) is 0 Å². The molecule has 0 aliphatic carbocycles. The first-order valence-corrected chi connectivity index (χ1v) is 3.00. The second-order valence-corrected chi connectivity index (χ2v) is 0. The molecule has 47 valence electrons. The Labute approximate surface area is 108 Å². The van der Waals surface area contributed by atoms with Gasteiger partial charge in [-0.15, -0.1) is 0 Å². The zero-order valence-corrected chi connectivity index (χ0v) is 7.73. The standard InChI is InChI=1S/3C2H6.Al.K.H/c3*1-2;;;/h3*1-2H3;;;. The van der Waals surface area contributed by atoms with Crippen LogP contribution in [0, 0.1) is 0 Å². The molecule has 0 saturated carbocycles. The molecule has 3 radical (unpaired) electrons. The second kappa shape index (κ2) is 130. The van der Waals surface area contributed by atoms with E-state index in [2.05, 4.69) is 0 Å². The van der Waals surface area contributed by atoms with E-state index in [0.29, 0.717) is 0 Å². The zero-order valence-electron chi connectivity index (χ0n) is 6.58. The van der Waals surface area contributed by atoms with Crippen LogP contribution < -0.4 is 0 Å². The topological polar surface area (TPSA) is 0 Å². The van der Waals surface area contributed by atoms with Crippen molar-refractivity contribution in [3.05, 3.63) is 0 Å². The fraction of sp³-hybridized carbons (Fsp3) is 1.00. The fourth-order valence-corrected chi connectivity index (χ4v) is 0. The van der Waals surface area contributed by atoms with Crippen LogP contribution in [0.2, 0.25) is 0 Å². The molecule has 0 N–H and O–H groups in total. The Morgan fingerprint density at radius 1 is 0.500 bits per heavy atom. The molecule has 0 nitrogen and oxygen atoms in total. The van der Waals surface area contributed by atoms with E-state index < -0.39 is 0 Å². The van der Waals surface area contributed by atoms with Crippen LogP contribution in [0.1, 0.15) is 41.5 Å². The van der Waals surface area contributed by atoms with E-state index in [1.54, 1.807) is 0 Å². The zero-order chi connectivity index (χ0) is 6.00. The Balaban J connectivity index is -0.00000000500. The molecule has 0 heterocycles. The predicted molar refractivity (Wildman–Crippen MR) is 46.9 cm³/mol. The monoisotopic (exact) mass is 157 g/mol. The van der Waals surface area contributed by atoms with Crippen LogP contribution in [0.25, 0.3) is 0 Å². The summed E-state index contributed by atoms with van der Waals surface area (Å²) in [5.74, 6) is 0. The van der Waals surface area contributed by atoms with Crippen molar-refractivity contribution in [1.29, 1.82) is 0 Å². The molecule has 0 saturated heterocycles. The summed E-state index contributed by atoms with van der Waals surface area (Å²) in [6, 6.07) is 0. The van der Waals surface area contributed by atoms with Gasteiger partial charge in [0.2, 0.25) is 0 Å². The molecule has 0 aromatic rings. The van der Waals surface area contributed by atoms with Gasteiger partial charge >= 0.3 is 51.4 Å². The van der Waals surface area contributed by atoms with Gasteiger partial charge in [0.1, 0.15) is 0 Å². The molecule has 2 heteroatoms. The van der Waals surface area contributed by atoms with Gasteiger partial charge in [-0.2, -0.15) is 0 Å². The van der Waals surface area contributed by atoms with Gasteiger partial charge in [0.15, 0.2) is 0 Å². The molecule has 0 amide bonds. The quantitative estimate of drug-likeness (QED) is 0.472. The molecule has 0 aliphatic heterocycles. The molecule has 0 aromatic carbocycles. The Morgan fingerprint density at radius 2 is 0.500 bits per heavy atom. The van der Waals surface area contributed by atoms with Crippen molar-refractivity contribution >= 4 is 68.7 Å². The van der Waals surface area contributed by atoms with Crippen molar-refractivity contribution in [3.8, 4) is 0 Å². The minimum absolute atomic E-state index is 0. The third kappa shape index (κ3) is 89.2. The van der Waals surface area contributed by atoms with Crippen molar-refractivity contribution in [3.63, 3.8) is 0 Å². The van der Waals surface area contributed by atoms with Crippen molar-refractivity contribution in [1.82, 2.24) is 0 Å². The number of hydrogen-bond acceptors (Lipinski definition) is 0. The van der Waals surface area contributed by atoms with Crippen molar-refractivity contribution in [2.24, 2.45) is 0 Å². The molecule has 0 atom stereocenters. The van der Waals surface area contributed by atoms with Gasteiger partial charge in [0.05, 0.1) is 0 Å². The molecular weight excluding hydrogens is 138 g/mol. The van der Waals surface area contributed by atoms with Gasteiger partial charge in [-0.05, 0) is 0 Å². The third-order valence-corrected chi connectivity index (χ3v) is 0. The summed E-state index contributed by atoms with van der Waals surface area (Å²) in [5, 5.41) is 0. The van der Waals surface area contributed by atoms with Gasteiger partial charge in [0, 0.05) is 17.4 Å². The van der Waals surface area contributed by atoms with E-state index >= 15 is 0 Å². The third-order valence-electron chi connectivity index (χ3n) is 0. The Kier molecular flexibility index (Phi) is 520. The van der Waals surface area contributed by atoms with E-state index in [0.717, 1.165) is 0 Å². The summed E-state index contributed by atoms with van der Waals surface area (Å²) in [6.07, 6.45) is 0.